The fourth-order valence-electron chi connectivity index (χ4n) is 1.34. The molecule has 0 aliphatic rings. The highest BCUT2D eigenvalue weighted by Crippen LogP contribution is 2.36. The summed E-state index contributed by atoms with van der Waals surface area (Å²) in [6.45, 7) is 6.14. The van der Waals surface area contributed by atoms with Gasteiger partial charge in [-0.3, -0.25) is 4.98 Å². The largest absolute Gasteiger partial charge is 0.495 e. The summed E-state index contributed by atoms with van der Waals surface area (Å²) >= 11 is 0. The summed E-state index contributed by atoms with van der Waals surface area (Å²) in [5, 5.41) is 10.2. The van der Waals surface area contributed by atoms with E-state index in [1.165, 1.54) is 0 Å². The van der Waals surface area contributed by atoms with Crippen LogP contribution in [0.25, 0.3) is 0 Å². The van der Waals surface area contributed by atoms with E-state index in [0.29, 0.717) is 5.75 Å². The molecule has 0 aliphatic heterocycles. The molecule has 0 spiro atoms. The maximum Gasteiger partial charge on any atom is 0.137 e. The predicted molar refractivity (Wildman–Crippen MR) is 59.8 cm³/mol. The maximum absolute atomic E-state index is 10.2. The van der Waals surface area contributed by atoms with Gasteiger partial charge in [-0.2, -0.15) is 0 Å². The van der Waals surface area contributed by atoms with Crippen molar-refractivity contribution in [1.29, 1.82) is 0 Å². The van der Waals surface area contributed by atoms with Crippen molar-refractivity contribution in [2.75, 3.05) is 7.11 Å². The number of nitrogens with zero attached hydrogens (tertiary/aromatic N) is 1. The third-order valence-corrected chi connectivity index (χ3v) is 2.94. The number of aliphatic hydroxyl groups is 1. The third kappa shape index (κ3) is 2.69. The second kappa shape index (κ2) is 4.62. The summed E-state index contributed by atoms with van der Waals surface area (Å²) in [5.74, 6) is 0.679. The van der Waals surface area contributed by atoms with E-state index >= 15 is 0 Å². The highest BCUT2D eigenvalue weighted by molar-refractivity contribution is 5.25. The van der Waals surface area contributed by atoms with Gasteiger partial charge in [0.15, 0.2) is 0 Å². The molecule has 84 valence electrons. The van der Waals surface area contributed by atoms with Crippen LogP contribution < -0.4 is 4.74 Å². The van der Waals surface area contributed by atoms with Crippen molar-refractivity contribution in [2.45, 2.75) is 33.3 Å². The van der Waals surface area contributed by atoms with Crippen LogP contribution >= 0.6 is 0 Å². The minimum atomic E-state index is -0.509. The first-order valence-electron chi connectivity index (χ1n) is 5.18. The molecule has 1 rings (SSSR count). The number of hydrogen-bond acceptors (Lipinski definition) is 3. The molecule has 1 N–H and O–H groups in total. The molecule has 1 atom stereocenters. The van der Waals surface area contributed by atoms with Crippen LogP contribution in [0.4, 0.5) is 0 Å². The van der Waals surface area contributed by atoms with Crippen molar-refractivity contribution in [3.8, 4) is 5.75 Å². The summed E-state index contributed by atoms with van der Waals surface area (Å²) < 4.78 is 5.08. The molecule has 3 heteroatoms. The predicted octanol–water partition coefficient (Wildman–Crippen LogP) is 2.56. The Morgan fingerprint density at radius 1 is 1.47 bits per heavy atom. The molecule has 0 fully saturated rings. The first-order chi connectivity index (χ1) is 7.01. The molecule has 0 bridgehead atoms. The van der Waals surface area contributed by atoms with Gasteiger partial charge in [-0.25, -0.2) is 0 Å². The zero-order valence-corrected chi connectivity index (χ0v) is 9.82. The van der Waals surface area contributed by atoms with Gasteiger partial charge in [0.2, 0.25) is 0 Å². The number of rotatable bonds is 4. The average Bonchev–Trinajstić information content (AvgIpc) is 2.28. The second-order valence-electron chi connectivity index (χ2n) is 4.40. The molecular weight excluding hydrogens is 190 g/mol. The van der Waals surface area contributed by atoms with E-state index in [0.717, 1.165) is 12.0 Å². The van der Waals surface area contributed by atoms with Crippen LogP contribution in [-0.2, 0) is 0 Å². The van der Waals surface area contributed by atoms with Gasteiger partial charge in [-0.1, -0.05) is 20.8 Å². The van der Waals surface area contributed by atoms with Crippen molar-refractivity contribution >= 4 is 0 Å². The number of hydrogen-bond donors (Lipinski definition) is 1. The summed E-state index contributed by atoms with van der Waals surface area (Å²) in [4.78, 5) is 4.04. The fraction of sp³-hybridized carbons (Fsp3) is 0.583. The van der Waals surface area contributed by atoms with Crippen LogP contribution in [0.2, 0.25) is 0 Å². The van der Waals surface area contributed by atoms with Gasteiger partial charge in [-0.15, -0.1) is 0 Å². The first kappa shape index (κ1) is 12.0. The van der Waals surface area contributed by atoms with Gasteiger partial charge in [0.05, 0.1) is 19.4 Å². The normalized spacial score (nSPS) is 13.7. The molecule has 3 nitrogen and oxygen atoms in total. The SMILES string of the molecule is CCC(C)(C)C(O)c1cncc(OC)c1. The van der Waals surface area contributed by atoms with E-state index < -0.39 is 6.10 Å². The van der Waals surface area contributed by atoms with E-state index in [2.05, 4.69) is 11.9 Å². The highest BCUT2D eigenvalue weighted by atomic mass is 16.5. The van der Waals surface area contributed by atoms with Crippen molar-refractivity contribution in [3.63, 3.8) is 0 Å². The molecule has 15 heavy (non-hydrogen) atoms. The van der Waals surface area contributed by atoms with Crippen LogP contribution in [0, 0.1) is 5.41 Å². The number of ether oxygens (including phenoxy) is 1. The first-order valence-corrected chi connectivity index (χ1v) is 5.18. The Bertz CT molecular complexity index is 323. The number of aliphatic hydroxyl groups excluding tert-OH is 1. The summed E-state index contributed by atoms with van der Waals surface area (Å²) in [6, 6.07) is 1.83. The zero-order valence-electron chi connectivity index (χ0n) is 9.82. The van der Waals surface area contributed by atoms with Crippen LogP contribution in [0.1, 0.15) is 38.9 Å². The Labute approximate surface area is 91.1 Å². The summed E-state index contributed by atoms with van der Waals surface area (Å²) in [5.41, 5.74) is 0.662. The van der Waals surface area contributed by atoms with Crippen LogP contribution in [0.3, 0.4) is 0 Å². The molecular formula is C12H19NO2. The molecule has 0 aliphatic carbocycles. The van der Waals surface area contributed by atoms with Crippen LogP contribution in [-0.4, -0.2) is 17.2 Å². The van der Waals surface area contributed by atoms with Gasteiger partial charge in [0, 0.05) is 11.8 Å². The number of pyridine rings is 1. The minimum absolute atomic E-state index is 0.145. The van der Waals surface area contributed by atoms with Gasteiger partial charge in [0.25, 0.3) is 0 Å². The monoisotopic (exact) mass is 209 g/mol. The van der Waals surface area contributed by atoms with Crippen molar-refractivity contribution in [3.05, 3.63) is 24.0 Å². The van der Waals surface area contributed by atoms with Crippen molar-refractivity contribution in [1.82, 2.24) is 4.98 Å². The lowest BCUT2D eigenvalue weighted by molar-refractivity contribution is 0.0461. The Kier molecular flexibility index (Phi) is 3.69. The molecule has 1 heterocycles. The van der Waals surface area contributed by atoms with Gasteiger partial charge in [-0.05, 0) is 17.9 Å². The smallest absolute Gasteiger partial charge is 0.137 e. The molecule has 0 saturated carbocycles. The molecule has 1 unspecified atom stereocenters. The van der Waals surface area contributed by atoms with E-state index in [1.54, 1.807) is 19.5 Å². The molecule has 0 aromatic carbocycles. The Balaban J connectivity index is 2.95. The average molecular weight is 209 g/mol. The quantitative estimate of drug-likeness (QED) is 0.828. The minimum Gasteiger partial charge on any atom is -0.495 e. The maximum atomic E-state index is 10.2. The third-order valence-electron chi connectivity index (χ3n) is 2.94. The zero-order chi connectivity index (χ0) is 11.5. The van der Waals surface area contributed by atoms with Gasteiger partial charge < -0.3 is 9.84 Å². The van der Waals surface area contributed by atoms with Crippen molar-refractivity contribution < 1.29 is 9.84 Å². The van der Waals surface area contributed by atoms with E-state index in [1.807, 2.05) is 19.9 Å². The molecule has 0 saturated heterocycles. The number of methoxy groups -OCH3 is 1. The van der Waals surface area contributed by atoms with Crippen LogP contribution in [0.15, 0.2) is 18.5 Å². The second-order valence-corrected chi connectivity index (χ2v) is 4.40. The summed E-state index contributed by atoms with van der Waals surface area (Å²) in [6.07, 6.45) is 3.72. The van der Waals surface area contributed by atoms with E-state index in [9.17, 15) is 5.11 Å². The fourth-order valence-corrected chi connectivity index (χ4v) is 1.34. The Morgan fingerprint density at radius 3 is 2.67 bits per heavy atom. The van der Waals surface area contributed by atoms with Crippen LogP contribution in [0.5, 0.6) is 5.75 Å². The topological polar surface area (TPSA) is 42.4 Å². The van der Waals surface area contributed by atoms with Gasteiger partial charge in [0.1, 0.15) is 5.75 Å². The molecule has 0 amide bonds. The molecule has 1 aromatic rings. The van der Waals surface area contributed by atoms with Gasteiger partial charge >= 0.3 is 0 Å². The lowest BCUT2D eigenvalue weighted by atomic mass is 9.81. The highest BCUT2D eigenvalue weighted by Gasteiger charge is 2.27. The van der Waals surface area contributed by atoms with Crippen molar-refractivity contribution in [2.24, 2.45) is 5.41 Å². The number of aromatic nitrogens is 1. The lowest BCUT2D eigenvalue weighted by Gasteiger charge is -2.29. The van der Waals surface area contributed by atoms with E-state index in [4.69, 9.17) is 4.74 Å². The Hall–Kier alpha value is -1.09. The lowest BCUT2D eigenvalue weighted by Crippen LogP contribution is -2.21. The molecule has 0 radical (unpaired) electrons. The Morgan fingerprint density at radius 2 is 2.13 bits per heavy atom. The standard InChI is InChI=1S/C12H19NO2/c1-5-12(2,3)11(14)9-6-10(15-4)8-13-7-9/h6-8,11,14H,5H2,1-4H3. The summed E-state index contributed by atoms with van der Waals surface area (Å²) in [7, 11) is 1.60. The van der Waals surface area contributed by atoms with E-state index in [-0.39, 0.29) is 5.41 Å². The molecule has 1 aromatic heterocycles.